The van der Waals surface area contributed by atoms with Crippen LogP contribution >= 0.6 is 0 Å². The second kappa shape index (κ2) is 10.2. The van der Waals surface area contributed by atoms with Crippen molar-refractivity contribution in [3.63, 3.8) is 0 Å². The smallest absolute Gasteiger partial charge is 0.204 e. The van der Waals surface area contributed by atoms with Crippen molar-refractivity contribution >= 4 is 0 Å². The summed E-state index contributed by atoms with van der Waals surface area (Å²) in [5, 5.41) is 18.9. The van der Waals surface area contributed by atoms with Gasteiger partial charge in [-0.1, -0.05) is 74.0 Å². The highest BCUT2D eigenvalue weighted by Gasteiger charge is 2.12. The Morgan fingerprint density at radius 2 is 1.71 bits per heavy atom. The summed E-state index contributed by atoms with van der Waals surface area (Å²) in [7, 11) is 0. The Morgan fingerprint density at radius 1 is 0.882 bits per heavy atom. The van der Waals surface area contributed by atoms with Gasteiger partial charge in [0.15, 0.2) is 5.82 Å². The molecule has 0 spiro atoms. The fourth-order valence-electron chi connectivity index (χ4n) is 3.86. The molecule has 5 rings (SSSR count). The molecule has 34 heavy (non-hydrogen) atoms. The average Bonchev–Trinajstić information content (AvgIpc) is 3.55. The molecule has 0 bridgehead atoms. The normalized spacial score (nSPS) is 11.1. The molecule has 170 valence electrons. The highest BCUT2D eigenvalue weighted by molar-refractivity contribution is 5.64. The Morgan fingerprint density at radius 3 is 2.41 bits per heavy atom. The Labute approximate surface area is 198 Å². The molecule has 1 N–H and O–H groups in total. The largest absolute Gasteiger partial charge is 0.256 e. The zero-order chi connectivity index (χ0) is 23.2. The SMILES string of the molecule is CCCCc1nc(Cc2ccccc2)nn1Cc1ccc(-c2ccc(-c3nn[nH]n3)cc2)nc1. The number of unbranched alkanes of at least 4 members (excludes halogenated alkanes) is 1. The van der Waals surface area contributed by atoms with Crippen molar-refractivity contribution in [1.82, 2.24) is 40.4 Å². The maximum atomic E-state index is 4.85. The van der Waals surface area contributed by atoms with Gasteiger partial charge in [0.2, 0.25) is 5.82 Å². The molecule has 0 aliphatic carbocycles. The van der Waals surface area contributed by atoms with E-state index in [0.717, 1.165) is 59.7 Å². The van der Waals surface area contributed by atoms with Crippen LogP contribution < -0.4 is 0 Å². The Kier molecular flexibility index (Phi) is 6.47. The zero-order valence-electron chi connectivity index (χ0n) is 19.1. The van der Waals surface area contributed by atoms with Crippen molar-refractivity contribution in [1.29, 1.82) is 0 Å². The number of nitrogens with zero attached hydrogens (tertiary/aromatic N) is 7. The van der Waals surface area contributed by atoms with Crippen LogP contribution in [0.25, 0.3) is 22.6 Å². The lowest BCUT2D eigenvalue weighted by atomic mass is 10.1. The molecule has 0 aliphatic heterocycles. The number of pyridine rings is 1. The van der Waals surface area contributed by atoms with Gasteiger partial charge in [-0.15, -0.1) is 10.2 Å². The first-order valence-corrected chi connectivity index (χ1v) is 11.5. The number of rotatable bonds is 9. The molecule has 0 unspecified atom stereocenters. The molecule has 0 saturated heterocycles. The van der Waals surface area contributed by atoms with E-state index < -0.39 is 0 Å². The first-order chi connectivity index (χ1) is 16.8. The number of aryl methyl sites for hydroxylation is 1. The number of nitrogens with one attached hydrogen (secondary N) is 1. The Balaban J connectivity index is 1.31. The topological polar surface area (TPSA) is 98.1 Å². The first-order valence-electron chi connectivity index (χ1n) is 11.5. The third-order valence-corrected chi connectivity index (χ3v) is 5.69. The number of aromatic amines is 1. The van der Waals surface area contributed by atoms with Crippen molar-refractivity contribution in [2.24, 2.45) is 0 Å². The van der Waals surface area contributed by atoms with Crippen LogP contribution in [-0.4, -0.2) is 40.4 Å². The number of tetrazole rings is 1. The van der Waals surface area contributed by atoms with Crippen LogP contribution in [0.4, 0.5) is 0 Å². The summed E-state index contributed by atoms with van der Waals surface area (Å²) in [5.41, 5.74) is 5.18. The van der Waals surface area contributed by atoms with E-state index in [0.29, 0.717) is 12.4 Å². The maximum Gasteiger partial charge on any atom is 0.204 e. The van der Waals surface area contributed by atoms with Gasteiger partial charge in [-0.25, -0.2) is 9.67 Å². The minimum Gasteiger partial charge on any atom is -0.256 e. The summed E-state index contributed by atoms with van der Waals surface area (Å²) in [6.45, 7) is 2.86. The lowest BCUT2D eigenvalue weighted by Gasteiger charge is -2.07. The van der Waals surface area contributed by atoms with E-state index in [9.17, 15) is 0 Å². The van der Waals surface area contributed by atoms with E-state index in [1.807, 2.05) is 47.3 Å². The number of hydrogen-bond donors (Lipinski definition) is 1. The molecule has 0 fully saturated rings. The van der Waals surface area contributed by atoms with E-state index in [-0.39, 0.29) is 0 Å². The molecule has 0 saturated carbocycles. The Hall–Kier alpha value is -4.20. The van der Waals surface area contributed by atoms with Crippen LogP contribution in [0.5, 0.6) is 0 Å². The second-order valence-electron chi connectivity index (χ2n) is 8.23. The van der Waals surface area contributed by atoms with Crippen LogP contribution in [0.1, 0.15) is 42.5 Å². The van der Waals surface area contributed by atoms with E-state index in [2.05, 4.69) is 57.9 Å². The van der Waals surface area contributed by atoms with Gasteiger partial charge in [0.05, 0.1) is 12.2 Å². The molecule has 3 heterocycles. The van der Waals surface area contributed by atoms with Gasteiger partial charge in [0, 0.05) is 30.2 Å². The zero-order valence-corrected chi connectivity index (χ0v) is 19.1. The molecule has 5 aromatic rings. The number of benzene rings is 2. The third-order valence-electron chi connectivity index (χ3n) is 5.69. The third kappa shape index (κ3) is 5.06. The summed E-state index contributed by atoms with van der Waals surface area (Å²) in [6, 6.07) is 22.5. The lowest BCUT2D eigenvalue weighted by molar-refractivity contribution is 0.614. The predicted molar refractivity (Wildman–Crippen MR) is 130 cm³/mol. The lowest BCUT2D eigenvalue weighted by Crippen LogP contribution is -2.07. The second-order valence-corrected chi connectivity index (χ2v) is 8.23. The van der Waals surface area contributed by atoms with Crippen LogP contribution in [-0.2, 0) is 19.4 Å². The quantitative estimate of drug-likeness (QED) is 0.355. The van der Waals surface area contributed by atoms with Crippen LogP contribution in [0.2, 0.25) is 0 Å². The van der Waals surface area contributed by atoms with E-state index in [1.165, 1.54) is 5.56 Å². The van der Waals surface area contributed by atoms with Gasteiger partial charge < -0.3 is 0 Å². The van der Waals surface area contributed by atoms with Crippen molar-refractivity contribution < 1.29 is 0 Å². The molecule has 3 aromatic heterocycles. The highest BCUT2D eigenvalue weighted by atomic mass is 15.5. The average molecular weight is 451 g/mol. The monoisotopic (exact) mass is 450 g/mol. The van der Waals surface area contributed by atoms with E-state index in [4.69, 9.17) is 15.1 Å². The van der Waals surface area contributed by atoms with Crippen molar-refractivity contribution in [2.75, 3.05) is 0 Å². The fraction of sp³-hybridized carbons (Fsp3) is 0.231. The molecule has 0 amide bonds. The number of aromatic nitrogens is 8. The van der Waals surface area contributed by atoms with Gasteiger partial charge in [-0.3, -0.25) is 4.98 Å². The molecule has 0 radical (unpaired) electrons. The summed E-state index contributed by atoms with van der Waals surface area (Å²) < 4.78 is 2.03. The van der Waals surface area contributed by atoms with Gasteiger partial charge >= 0.3 is 0 Å². The molecule has 8 nitrogen and oxygen atoms in total. The number of hydrogen-bond acceptors (Lipinski definition) is 6. The predicted octanol–water partition coefficient (Wildman–Crippen LogP) is 4.50. The molecular weight excluding hydrogens is 424 g/mol. The van der Waals surface area contributed by atoms with E-state index in [1.54, 1.807) is 0 Å². The van der Waals surface area contributed by atoms with Crippen LogP contribution in [0, 0.1) is 0 Å². The molecule has 0 aliphatic rings. The molecule has 8 heteroatoms. The maximum absolute atomic E-state index is 4.85. The summed E-state index contributed by atoms with van der Waals surface area (Å²) >= 11 is 0. The van der Waals surface area contributed by atoms with Crippen LogP contribution in [0.15, 0.2) is 72.9 Å². The highest BCUT2D eigenvalue weighted by Crippen LogP contribution is 2.21. The number of H-pyrrole nitrogens is 1. The standard InChI is InChI=1S/C26H26N8/c1-2-3-9-25-28-24(16-19-7-5-4-6-8-19)31-34(25)18-20-10-15-23(27-17-20)21-11-13-22(14-12-21)26-29-32-33-30-26/h4-8,10-15,17H,2-3,9,16,18H2,1H3,(H,29,30,32,33). The van der Waals surface area contributed by atoms with Crippen molar-refractivity contribution in [2.45, 2.75) is 39.2 Å². The van der Waals surface area contributed by atoms with E-state index >= 15 is 0 Å². The Bertz CT molecular complexity index is 1310. The summed E-state index contributed by atoms with van der Waals surface area (Å²) in [6.07, 6.45) is 5.81. The summed E-state index contributed by atoms with van der Waals surface area (Å²) in [4.78, 5) is 9.54. The van der Waals surface area contributed by atoms with Crippen LogP contribution in [0.3, 0.4) is 0 Å². The molecular formula is C26H26N8. The van der Waals surface area contributed by atoms with Crippen molar-refractivity contribution in [3.8, 4) is 22.6 Å². The first kappa shape index (κ1) is 21.6. The van der Waals surface area contributed by atoms with Gasteiger partial charge in [-0.2, -0.15) is 10.3 Å². The van der Waals surface area contributed by atoms with Gasteiger partial charge in [-0.05, 0) is 28.8 Å². The molecule has 2 aromatic carbocycles. The summed E-state index contributed by atoms with van der Waals surface area (Å²) in [5.74, 6) is 2.48. The minimum absolute atomic E-state index is 0.577. The van der Waals surface area contributed by atoms with Crippen molar-refractivity contribution in [3.05, 3.63) is 95.7 Å². The fourth-order valence-corrected chi connectivity index (χ4v) is 3.86. The van der Waals surface area contributed by atoms with Gasteiger partial charge in [0.1, 0.15) is 5.82 Å². The molecule has 0 atom stereocenters. The minimum atomic E-state index is 0.577. The van der Waals surface area contributed by atoms with Gasteiger partial charge in [0.25, 0.3) is 0 Å².